The van der Waals surface area contributed by atoms with E-state index in [-0.39, 0.29) is 0 Å². The second-order valence-electron chi connectivity index (χ2n) is 4.56. The molecule has 1 atom stereocenters. The fraction of sp³-hybridized carbons (Fsp3) is 0.286. The number of aryl methyl sites for hydroxylation is 1. The van der Waals surface area contributed by atoms with E-state index in [1.54, 1.807) is 18.7 Å². The average molecular weight is 323 g/mol. The molecule has 1 aliphatic heterocycles. The minimum atomic E-state index is -0.881. The van der Waals surface area contributed by atoms with Gasteiger partial charge in [-0.15, -0.1) is 23.1 Å². The number of carboxylic acid groups (broad SMARTS) is 1. The van der Waals surface area contributed by atoms with Crippen molar-refractivity contribution in [3.05, 3.63) is 40.4 Å². The fourth-order valence-electron chi connectivity index (χ4n) is 2.17. The number of carbonyl (C=O) groups is 1. The first-order valence-electron chi connectivity index (χ1n) is 6.20. The average Bonchev–Trinajstić information content (AvgIpc) is 3.00. The Balaban J connectivity index is 1.69. The van der Waals surface area contributed by atoms with Gasteiger partial charge in [-0.25, -0.2) is 9.78 Å². The predicted molar refractivity (Wildman–Crippen MR) is 84.4 cm³/mol. The fourth-order valence-corrected chi connectivity index (χ4v) is 5.74. The van der Waals surface area contributed by atoms with Gasteiger partial charge in [0.1, 0.15) is 4.88 Å². The summed E-state index contributed by atoms with van der Waals surface area (Å²) < 4.78 is 0.856. The number of rotatable bonds is 4. The number of thioether (sulfide) groups is 2. The highest BCUT2D eigenvalue weighted by molar-refractivity contribution is 8.01. The Morgan fingerprint density at radius 2 is 2.30 bits per heavy atom. The molecule has 3 nitrogen and oxygen atoms in total. The maximum Gasteiger partial charge on any atom is 0.347 e. The van der Waals surface area contributed by atoms with E-state index in [0.29, 0.717) is 16.5 Å². The second-order valence-corrected chi connectivity index (χ2v) is 7.88. The van der Waals surface area contributed by atoms with Gasteiger partial charge in [0.25, 0.3) is 0 Å². The smallest absolute Gasteiger partial charge is 0.347 e. The van der Waals surface area contributed by atoms with Crippen molar-refractivity contribution >= 4 is 40.8 Å². The van der Waals surface area contributed by atoms with Crippen LogP contribution in [0.2, 0.25) is 0 Å². The molecule has 1 unspecified atom stereocenters. The summed E-state index contributed by atoms with van der Waals surface area (Å²) in [6.45, 7) is 1.75. The standard InChI is InChI=1S/C14H13NO2S3/c1-8-12(13(16)17)20-14(15-8)19-7-9-6-18-11-5-3-2-4-10(9)11/h2-5,9H,6-7H2,1H3,(H,16,17). The van der Waals surface area contributed by atoms with Crippen molar-refractivity contribution in [2.24, 2.45) is 0 Å². The topological polar surface area (TPSA) is 50.2 Å². The molecule has 104 valence electrons. The second kappa shape index (κ2) is 5.79. The highest BCUT2D eigenvalue weighted by Crippen LogP contribution is 2.42. The third kappa shape index (κ3) is 2.73. The van der Waals surface area contributed by atoms with E-state index in [4.69, 9.17) is 5.11 Å². The van der Waals surface area contributed by atoms with Gasteiger partial charge in [-0.05, 0) is 18.6 Å². The molecule has 20 heavy (non-hydrogen) atoms. The minimum absolute atomic E-state index is 0.355. The molecule has 0 spiro atoms. The Hall–Kier alpha value is -0.980. The summed E-state index contributed by atoms with van der Waals surface area (Å²) >= 11 is 4.84. The molecule has 1 aromatic carbocycles. The number of aromatic nitrogens is 1. The van der Waals surface area contributed by atoms with Gasteiger partial charge >= 0.3 is 5.97 Å². The molecule has 2 aromatic rings. The maximum atomic E-state index is 11.0. The van der Waals surface area contributed by atoms with Crippen molar-refractivity contribution in [3.63, 3.8) is 0 Å². The lowest BCUT2D eigenvalue weighted by atomic mass is 10.0. The number of carboxylic acids is 1. The van der Waals surface area contributed by atoms with Crippen LogP contribution in [0.15, 0.2) is 33.5 Å². The minimum Gasteiger partial charge on any atom is -0.477 e. The summed E-state index contributed by atoms with van der Waals surface area (Å²) in [6.07, 6.45) is 0. The zero-order valence-electron chi connectivity index (χ0n) is 10.8. The largest absolute Gasteiger partial charge is 0.477 e. The molecule has 2 heterocycles. The van der Waals surface area contributed by atoms with Crippen molar-refractivity contribution in [3.8, 4) is 0 Å². The lowest BCUT2D eigenvalue weighted by molar-refractivity contribution is 0.0701. The Kier molecular flexibility index (Phi) is 4.05. The van der Waals surface area contributed by atoms with Gasteiger partial charge in [-0.1, -0.05) is 30.0 Å². The molecule has 0 saturated heterocycles. The maximum absolute atomic E-state index is 11.0. The van der Waals surface area contributed by atoms with E-state index in [0.717, 1.165) is 15.8 Å². The van der Waals surface area contributed by atoms with E-state index >= 15 is 0 Å². The van der Waals surface area contributed by atoms with E-state index < -0.39 is 5.97 Å². The molecule has 1 aliphatic rings. The van der Waals surface area contributed by atoms with Crippen molar-refractivity contribution in [1.29, 1.82) is 0 Å². The number of hydrogen-bond donors (Lipinski definition) is 1. The van der Waals surface area contributed by atoms with Gasteiger partial charge < -0.3 is 5.11 Å². The number of nitrogens with zero attached hydrogens (tertiary/aromatic N) is 1. The SMILES string of the molecule is Cc1nc(SCC2CSc3ccccc32)sc1C(=O)O. The molecule has 0 saturated carbocycles. The van der Waals surface area contributed by atoms with E-state index in [1.807, 2.05) is 11.8 Å². The first-order valence-corrected chi connectivity index (χ1v) is 8.99. The Morgan fingerprint density at radius 1 is 1.50 bits per heavy atom. The molecule has 3 rings (SSSR count). The first-order chi connectivity index (χ1) is 9.65. The summed E-state index contributed by atoms with van der Waals surface area (Å²) in [4.78, 5) is 17.1. The molecule has 1 N–H and O–H groups in total. The molecule has 1 aromatic heterocycles. The zero-order chi connectivity index (χ0) is 14.1. The van der Waals surface area contributed by atoms with Crippen molar-refractivity contribution < 1.29 is 9.90 Å². The lowest BCUT2D eigenvalue weighted by Crippen LogP contribution is -1.99. The van der Waals surface area contributed by atoms with E-state index in [9.17, 15) is 4.79 Å². The first kappa shape index (κ1) is 14.0. The highest BCUT2D eigenvalue weighted by Gasteiger charge is 2.23. The molecule has 0 radical (unpaired) electrons. The Labute approximate surface area is 129 Å². The Morgan fingerprint density at radius 3 is 3.05 bits per heavy atom. The zero-order valence-corrected chi connectivity index (χ0v) is 13.3. The van der Waals surface area contributed by atoms with Crippen LogP contribution in [0, 0.1) is 6.92 Å². The number of hydrogen-bond acceptors (Lipinski definition) is 5. The van der Waals surface area contributed by atoms with Crippen LogP contribution in [0.1, 0.15) is 26.8 Å². The van der Waals surface area contributed by atoms with Crippen LogP contribution < -0.4 is 0 Å². The van der Waals surface area contributed by atoms with Crippen LogP contribution in [-0.4, -0.2) is 27.6 Å². The van der Waals surface area contributed by atoms with Gasteiger partial charge in [0.2, 0.25) is 0 Å². The Bertz CT molecular complexity index is 654. The molecule has 0 aliphatic carbocycles. The number of fused-ring (bicyclic) bond motifs is 1. The third-order valence-electron chi connectivity index (χ3n) is 3.18. The highest BCUT2D eigenvalue weighted by atomic mass is 32.2. The lowest BCUT2D eigenvalue weighted by Gasteiger charge is -2.08. The molecule has 0 amide bonds. The normalized spacial score (nSPS) is 17.1. The summed E-state index contributed by atoms with van der Waals surface area (Å²) in [5.74, 6) is 1.70. The summed E-state index contributed by atoms with van der Waals surface area (Å²) in [6, 6.07) is 8.51. The predicted octanol–water partition coefficient (Wildman–Crippen LogP) is 4.13. The van der Waals surface area contributed by atoms with Crippen LogP contribution in [0.5, 0.6) is 0 Å². The number of aromatic carboxylic acids is 1. The van der Waals surface area contributed by atoms with Crippen LogP contribution >= 0.6 is 34.9 Å². The van der Waals surface area contributed by atoms with Gasteiger partial charge in [-0.2, -0.15) is 0 Å². The van der Waals surface area contributed by atoms with Crippen LogP contribution in [-0.2, 0) is 0 Å². The number of thiazole rings is 1. The van der Waals surface area contributed by atoms with E-state index in [1.165, 1.54) is 21.8 Å². The van der Waals surface area contributed by atoms with Crippen LogP contribution in [0.25, 0.3) is 0 Å². The molecule has 0 bridgehead atoms. The number of benzene rings is 1. The third-order valence-corrected chi connectivity index (χ3v) is 6.88. The summed E-state index contributed by atoms with van der Waals surface area (Å²) in [5, 5.41) is 9.05. The molecule has 0 fully saturated rings. The molecular weight excluding hydrogens is 310 g/mol. The van der Waals surface area contributed by atoms with Gasteiger partial charge in [0.15, 0.2) is 4.34 Å². The van der Waals surface area contributed by atoms with Crippen LogP contribution in [0.3, 0.4) is 0 Å². The van der Waals surface area contributed by atoms with Crippen molar-refractivity contribution in [1.82, 2.24) is 4.98 Å². The summed E-state index contributed by atoms with van der Waals surface area (Å²) in [7, 11) is 0. The molecular formula is C14H13NO2S3. The van der Waals surface area contributed by atoms with Crippen molar-refractivity contribution in [2.45, 2.75) is 22.1 Å². The molecule has 6 heteroatoms. The van der Waals surface area contributed by atoms with E-state index in [2.05, 4.69) is 29.2 Å². The van der Waals surface area contributed by atoms with Gasteiger partial charge in [0.05, 0.1) is 5.69 Å². The quantitative estimate of drug-likeness (QED) is 0.857. The monoisotopic (exact) mass is 323 g/mol. The van der Waals surface area contributed by atoms with Gasteiger partial charge in [-0.3, -0.25) is 0 Å². The summed E-state index contributed by atoms with van der Waals surface area (Å²) in [5.41, 5.74) is 2.03. The van der Waals surface area contributed by atoms with Gasteiger partial charge in [0, 0.05) is 22.3 Å². The van der Waals surface area contributed by atoms with Crippen molar-refractivity contribution in [2.75, 3.05) is 11.5 Å². The van der Waals surface area contributed by atoms with Crippen LogP contribution in [0.4, 0.5) is 0 Å².